The number of hydrogen-bond acceptors (Lipinski definition) is 6. The van der Waals surface area contributed by atoms with Crippen LogP contribution in [0.3, 0.4) is 0 Å². The van der Waals surface area contributed by atoms with E-state index in [0.29, 0.717) is 17.2 Å². The fourth-order valence-electron chi connectivity index (χ4n) is 1.39. The van der Waals surface area contributed by atoms with Crippen LogP contribution >= 0.6 is 11.3 Å². The van der Waals surface area contributed by atoms with Gasteiger partial charge in [0.2, 0.25) is 0 Å². The molecule has 5 nitrogen and oxygen atoms in total. The number of thiazole rings is 1. The molecular formula is C11H11N3O2S. The van der Waals surface area contributed by atoms with Crippen LogP contribution < -0.4 is 0 Å². The van der Waals surface area contributed by atoms with Gasteiger partial charge in [-0.3, -0.25) is 0 Å². The summed E-state index contributed by atoms with van der Waals surface area (Å²) in [6.07, 6.45) is 0. The normalized spacial score (nSPS) is 10.2. The zero-order chi connectivity index (χ0) is 12.3. The van der Waals surface area contributed by atoms with Crippen molar-refractivity contribution in [3.8, 4) is 0 Å². The third-order valence-corrected chi connectivity index (χ3v) is 2.60. The Labute approximate surface area is 103 Å². The van der Waals surface area contributed by atoms with E-state index in [0.717, 1.165) is 5.69 Å². The lowest BCUT2D eigenvalue weighted by Gasteiger charge is -2.04. The van der Waals surface area contributed by atoms with Crippen LogP contribution in [0.5, 0.6) is 0 Å². The number of carbonyl (C=O) groups is 1. The van der Waals surface area contributed by atoms with Crippen LogP contribution in [0.1, 0.15) is 27.7 Å². The van der Waals surface area contributed by atoms with E-state index < -0.39 is 5.97 Å². The van der Waals surface area contributed by atoms with Crippen LogP contribution in [0.4, 0.5) is 0 Å². The Bertz CT molecular complexity index is 505. The van der Waals surface area contributed by atoms with Crippen LogP contribution in [0, 0.1) is 13.8 Å². The van der Waals surface area contributed by atoms with Gasteiger partial charge in [0.15, 0.2) is 5.69 Å². The molecule has 0 aliphatic heterocycles. The number of nitrogens with zero attached hydrogens (tertiary/aromatic N) is 3. The predicted octanol–water partition coefficient (Wildman–Crippen LogP) is 1.91. The van der Waals surface area contributed by atoms with Crippen LogP contribution in [0.15, 0.2) is 17.0 Å². The Balaban J connectivity index is 2.00. The first kappa shape index (κ1) is 11.7. The van der Waals surface area contributed by atoms with Gasteiger partial charge in [0.1, 0.15) is 12.4 Å². The fraction of sp³-hybridized carbons (Fsp3) is 0.273. The molecule has 6 heteroatoms. The Kier molecular flexibility index (Phi) is 3.43. The van der Waals surface area contributed by atoms with Gasteiger partial charge in [-0.25, -0.2) is 19.7 Å². The van der Waals surface area contributed by atoms with Gasteiger partial charge in [0.25, 0.3) is 0 Å². The van der Waals surface area contributed by atoms with Crippen molar-refractivity contribution in [1.82, 2.24) is 15.0 Å². The summed E-state index contributed by atoms with van der Waals surface area (Å²) in [6, 6.07) is 1.79. The van der Waals surface area contributed by atoms with Crippen molar-refractivity contribution in [2.45, 2.75) is 20.5 Å². The zero-order valence-corrected chi connectivity index (χ0v) is 10.3. The molecule has 88 valence electrons. The molecule has 2 rings (SSSR count). The highest BCUT2D eigenvalue weighted by Gasteiger charge is 2.10. The number of esters is 1. The zero-order valence-electron chi connectivity index (χ0n) is 9.51. The van der Waals surface area contributed by atoms with E-state index in [2.05, 4.69) is 15.0 Å². The van der Waals surface area contributed by atoms with Crippen molar-refractivity contribution in [2.75, 3.05) is 0 Å². The molecule has 0 aliphatic rings. The first-order chi connectivity index (χ1) is 8.15. The molecule has 0 aliphatic carbocycles. The molecule has 0 N–H and O–H groups in total. The van der Waals surface area contributed by atoms with E-state index in [-0.39, 0.29) is 6.61 Å². The Morgan fingerprint density at radius 3 is 2.88 bits per heavy atom. The second-order valence-electron chi connectivity index (χ2n) is 3.50. The average molecular weight is 249 g/mol. The molecular weight excluding hydrogens is 238 g/mol. The SMILES string of the molecule is Cc1cc(COC(=O)c2cscn2)nc(C)n1. The maximum Gasteiger partial charge on any atom is 0.358 e. The van der Waals surface area contributed by atoms with Gasteiger partial charge >= 0.3 is 5.97 Å². The average Bonchev–Trinajstić information content (AvgIpc) is 2.78. The third kappa shape index (κ3) is 3.07. The molecule has 2 heterocycles. The highest BCUT2D eigenvalue weighted by atomic mass is 32.1. The summed E-state index contributed by atoms with van der Waals surface area (Å²) in [6.45, 7) is 3.82. The summed E-state index contributed by atoms with van der Waals surface area (Å²) < 4.78 is 5.10. The largest absolute Gasteiger partial charge is 0.454 e. The van der Waals surface area contributed by atoms with Gasteiger partial charge in [-0.2, -0.15) is 0 Å². The molecule has 17 heavy (non-hydrogen) atoms. The molecule has 0 saturated carbocycles. The molecule has 2 aromatic rings. The maximum atomic E-state index is 11.5. The van der Waals surface area contributed by atoms with Crippen LogP contribution in [0.2, 0.25) is 0 Å². The number of ether oxygens (including phenoxy) is 1. The van der Waals surface area contributed by atoms with E-state index in [4.69, 9.17) is 4.74 Å². The maximum absolute atomic E-state index is 11.5. The van der Waals surface area contributed by atoms with Gasteiger partial charge < -0.3 is 4.74 Å². The molecule has 0 radical (unpaired) electrons. The number of aromatic nitrogens is 3. The lowest BCUT2D eigenvalue weighted by molar-refractivity contribution is 0.0461. The first-order valence-electron chi connectivity index (χ1n) is 5.01. The van der Waals surface area contributed by atoms with Gasteiger partial charge in [-0.05, 0) is 19.9 Å². The van der Waals surface area contributed by atoms with Crippen molar-refractivity contribution >= 4 is 17.3 Å². The molecule has 0 spiro atoms. The highest BCUT2D eigenvalue weighted by Crippen LogP contribution is 2.06. The van der Waals surface area contributed by atoms with Crippen LogP contribution in [0.25, 0.3) is 0 Å². The summed E-state index contributed by atoms with van der Waals surface area (Å²) >= 11 is 1.36. The molecule has 0 fully saturated rings. The van der Waals surface area contributed by atoms with Gasteiger partial charge in [-0.1, -0.05) is 0 Å². The number of rotatable bonds is 3. The second kappa shape index (κ2) is 5.01. The van der Waals surface area contributed by atoms with Crippen LogP contribution in [-0.2, 0) is 11.3 Å². The molecule has 0 aromatic carbocycles. The first-order valence-corrected chi connectivity index (χ1v) is 5.96. The summed E-state index contributed by atoms with van der Waals surface area (Å²) in [4.78, 5) is 23.7. The smallest absolute Gasteiger partial charge is 0.358 e. The quantitative estimate of drug-likeness (QED) is 0.777. The Morgan fingerprint density at radius 1 is 1.41 bits per heavy atom. The predicted molar refractivity (Wildman–Crippen MR) is 62.7 cm³/mol. The molecule has 0 unspecified atom stereocenters. The monoisotopic (exact) mass is 249 g/mol. The minimum absolute atomic E-state index is 0.139. The van der Waals surface area contributed by atoms with E-state index in [1.165, 1.54) is 11.3 Å². The molecule has 0 bridgehead atoms. The number of aryl methyl sites for hydroxylation is 2. The Hall–Kier alpha value is -1.82. The van der Waals surface area contributed by atoms with E-state index in [9.17, 15) is 4.79 Å². The number of hydrogen-bond donors (Lipinski definition) is 0. The molecule has 0 saturated heterocycles. The summed E-state index contributed by atoms with van der Waals surface area (Å²) in [5.41, 5.74) is 3.48. The molecule has 0 amide bonds. The van der Waals surface area contributed by atoms with Crippen molar-refractivity contribution in [2.24, 2.45) is 0 Å². The summed E-state index contributed by atoms with van der Waals surface area (Å²) in [7, 11) is 0. The van der Waals surface area contributed by atoms with Crippen molar-refractivity contribution in [3.63, 3.8) is 0 Å². The summed E-state index contributed by atoms with van der Waals surface area (Å²) in [5.74, 6) is 0.241. The van der Waals surface area contributed by atoms with Gasteiger partial charge in [-0.15, -0.1) is 11.3 Å². The lowest BCUT2D eigenvalue weighted by Crippen LogP contribution is -2.07. The topological polar surface area (TPSA) is 65.0 Å². The lowest BCUT2D eigenvalue weighted by atomic mass is 10.3. The van der Waals surface area contributed by atoms with E-state index >= 15 is 0 Å². The van der Waals surface area contributed by atoms with Crippen molar-refractivity contribution < 1.29 is 9.53 Å². The van der Waals surface area contributed by atoms with E-state index in [1.807, 2.05) is 6.92 Å². The van der Waals surface area contributed by atoms with Crippen LogP contribution in [-0.4, -0.2) is 20.9 Å². The van der Waals surface area contributed by atoms with Crippen molar-refractivity contribution in [1.29, 1.82) is 0 Å². The van der Waals surface area contributed by atoms with Gasteiger partial charge in [0, 0.05) is 11.1 Å². The highest BCUT2D eigenvalue weighted by molar-refractivity contribution is 7.07. The molecule has 2 aromatic heterocycles. The second-order valence-corrected chi connectivity index (χ2v) is 4.22. The third-order valence-electron chi connectivity index (χ3n) is 2.01. The van der Waals surface area contributed by atoms with E-state index in [1.54, 1.807) is 23.9 Å². The Morgan fingerprint density at radius 2 is 2.24 bits per heavy atom. The molecule has 0 atom stereocenters. The minimum Gasteiger partial charge on any atom is -0.454 e. The summed E-state index contributed by atoms with van der Waals surface area (Å²) in [5, 5.41) is 1.65. The van der Waals surface area contributed by atoms with Crippen molar-refractivity contribution in [3.05, 3.63) is 39.9 Å². The standard InChI is InChI=1S/C11H11N3O2S/c1-7-3-9(14-8(2)13-7)4-16-11(15)10-5-17-6-12-10/h3,5-6H,4H2,1-2H3. The van der Waals surface area contributed by atoms with Gasteiger partial charge in [0.05, 0.1) is 11.2 Å². The minimum atomic E-state index is -0.430. The fourth-order valence-corrected chi connectivity index (χ4v) is 1.92. The number of carbonyl (C=O) groups excluding carboxylic acids is 1.